The Kier molecular flexibility index (Phi) is 6.47. The zero-order valence-electron chi connectivity index (χ0n) is 17.1. The summed E-state index contributed by atoms with van der Waals surface area (Å²) in [5.41, 5.74) is 2.79. The molecule has 0 aliphatic carbocycles. The van der Waals surface area contributed by atoms with Crippen LogP contribution in [0, 0.1) is 25.7 Å². The predicted octanol–water partition coefficient (Wildman–Crippen LogP) is 1.49. The fourth-order valence-electron chi connectivity index (χ4n) is 4.73. The fraction of sp³-hybridized carbons (Fsp3) is 0.667. The SMILES string of the molecule is CC[C@@H]1CN(C(=O)c2cc(C)cc(C)c2)[C@H](CO)[C@@H]1CN1CCS(=O)(=O)CC1. The van der Waals surface area contributed by atoms with E-state index >= 15 is 0 Å². The molecule has 28 heavy (non-hydrogen) atoms. The van der Waals surface area contributed by atoms with Crippen LogP contribution in [0.1, 0.15) is 34.8 Å². The highest BCUT2D eigenvalue weighted by Crippen LogP contribution is 2.34. The van der Waals surface area contributed by atoms with Gasteiger partial charge in [0.1, 0.15) is 0 Å². The number of amides is 1. The van der Waals surface area contributed by atoms with Crippen molar-refractivity contribution in [2.24, 2.45) is 11.8 Å². The van der Waals surface area contributed by atoms with E-state index < -0.39 is 9.84 Å². The van der Waals surface area contributed by atoms with Crippen LogP contribution < -0.4 is 0 Å². The number of aliphatic hydroxyl groups excluding tert-OH is 1. The Hall–Kier alpha value is -1.44. The Morgan fingerprint density at radius 2 is 1.75 bits per heavy atom. The van der Waals surface area contributed by atoms with E-state index in [0.717, 1.165) is 24.1 Å². The molecule has 1 N–H and O–H groups in total. The topological polar surface area (TPSA) is 77.9 Å². The molecule has 2 fully saturated rings. The van der Waals surface area contributed by atoms with E-state index in [1.165, 1.54) is 0 Å². The molecular weight excluding hydrogens is 376 g/mol. The van der Waals surface area contributed by atoms with Gasteiger partial charge in [-0.3, -0.25) is 4.79 Å². The summed E-state index contributed by atoms with van der Waals surface area (Å²) in [6.07, 6.45) is 0.934. The van der Waals surface area contributed by atoms with Crippen molar-refractivity contribution in [2.45, 2.75) is 33.2 Å². The molecule has 6 nitrogen and oxygen atoms in total. The fourth-order valence-corrected chi connectivity index (χ4v) is 6.01. The van der Waals surface area contributed by atoms with Gasteiger partial charge in [0.2, 0.25) is 0 Å². The molecular formula is C21H32N2O4S. The lowest BCUT2D eigenvalue weighted by atomic mass is 9.88. The molecule has 156 valence electrons. The third-order valence-electron chi connectivity index (χ3n) is 6.28. The van der Waals surface area contributed by atoms with Gasteiger partial charge in [-0.05, 0) is 37.8 Å². The number of carbonyl (C=O) groups is 1. The number of nitrogens with zero attached hydrogens (tertiary/aromatic N) is 2. The molecule has 1 amide bonds. The van der Waals surface area contributed by atoms with Gasteiger partial charge in [-0.25, -0.2) is 8.42 Å². The maximum absolute atomic E-state index is 13.2. The standard InChI is InChI=1S/C21H32N2O4S/c1-4-17-12-23(21(25)18-10-15(2)9-16(3)11-18)20(14-24)19(17)13-22-5-7-28(26,27)8-6-22/h9-11,17,19-20,24H,4-8,12-14H2,1-3H3/t17-,19-,20-/m1/s1. The van der Waals surface area contributed by atoms with Crippen LogP contribution in [0.15, 0.2) is 18.2 Å². The van der Waals surface area contributed by atoms with Crippen molar-refractivity contribution in [3.8, 4) is 0 Å². The van der Waals surface area contributed by atoms with E-state index in [1.54, 1.807) is 0 Å². The maximum atomic E-state index is 13.2. The van der Waals surface area contributed by atoms with Gasteiger partial charge >= 0.3 is 0 Å². The Labute approximate surface area is 168 Å². The van der Waals surface area contributed by atoms with Crippen molar-refractivity contribution < 1.29 is 18.3 Å². The first kappa shape index (κ1) is 21.3. The molecule has 2 saturated heterocycles. The van der Waals surface area contributed by atoms with Gasteiger partial charge in [0.25, 0.3) is 5.91 Å². The van der Waals surface area contributed by atoms with Crippen LogP contribution in [0.25, 0.3) is 0 Å². The van der Waals surface area contributed by atoms with Gasteiger partial charge in [0, 0.05) is 31.7 Å². The molecule has 0 bridgehead atoms. The van der Waals surface area contributed by atoms with Crippen LogP contribution in [0.5, 0.6) is 0 Å². The number of aliphatic hydroxyl groups is 1. The van der Waals surface area contributed by atoms with Gasteiger partial charge in [-0.2, -0.15) is 0 Å². The number of carbonyl (C=O) groups excluding carboxylic acids is 1. The number of likely N-dealkylation sites (tertiary alicyclic amines) is 1. The summed E-state index contributed by atoms with van der Waals surface area (Å²) >= 11 is 0. The molecule has 3 atom stereocenters. The summed E-state index contributed by atoms with van der Waals surface area (Å²) in [5, 5.41) is 10.1. The molecule has 0 unspecified atom stereocenters. The van der Waals surface area contributed by atoms with Crippen LogP contribution >= 0.6 is 0 Å². The van der Waals surface area contributed by atoms with E-state index in [0.29, 0.717) is 31.1 Å². The minimum absolute atomic E-state index is 0.0204. The minimum atomic E-state index is -2.91. The zero-order chi connectivity index (χ0) is 20.5. The second kappa shape index (κ2) is 8.51. The minimum Gasteiger partial charge on any atom is -0.394 e. The summed E-state index contributed by atoms with van der Waals surface area (Å²) in [6.45, 7) is 8.48. The molecule has 0 saturated carbocycles. The second-order valence-corrected chi connectivity index (χ2v) is 10.7. The lowest BCUT2D eigenvalue weighted by Gasteiger charge is -2.33. The van der Waals surface area contributed by atoms with Crippen molar-refractivity contribution >= 4 is 15.7 Å². The van der Waals surface area contributed by atoms with Crippen LogP contribution in [0.2, 0.25) is 0 Å². The van der Waals surface area contributed by atoms with Crippen molar-refractivity contribution in [1.82, 2.24) is 9.80 Å². The number of hydrogen-bond donors (Lipinski definition) is 1. The van der Waals surface area contributed by atoms with Gasteiger partial charge in [-0.1, -0.05) is 30.5 Å². The summed E-state index contributed by atoms with van der Waals surface area (Å²) in [7, 11) is -2.91. The quantitative estimate of drug-likeness (QED) is 0.799. The Balaban J connectivity index is 1.77. The van der Waals surface area contributed by atoms with Crippen LogP contribution in [0.3, 0.4) is 0 Å². The van der Waals surface area contributed by atoms with E-state index in [9.17, 15) is 18.3 Å². The van der Waals surface area contributed by atoms with E-state index in [-0.39, 0.29) is 36.0 Å². The molecule has 2 aliphatic rings. The Morgan fingerprint density at radius 1 is 1.14 bits per heavy atom. The van der Waals surface area contributed by atoms with Crippen molar-refractivity contribution in [3.05, 3.63) is 34.9 Å². The van der Waals surface area contributed by atoms with E-state index in [2.05, 4.69) is 11.8 Å². The monoisotopic (exact) mass is 408 g/mol. The molecule has 1 aromatic rings. The predicted molar refractivity (Wildman–Crippen MR) is 110 cm³/mol. The average Bonchev–Trinajstić information content (AvgIpc) is 2.99. The third kappa shape index (κ3) is 4.58. The molecule has 7 heteroatoms. The normalized spacial score (nSPS) is 27.9. The summed E-state index contributed by atoms with van der Waals surface area (Å²) in [4.78, 5) is 17.3. The number of benzene rings is 1. The lowest BCUT2D eigenvalue weighted by molar-refractivity contribution is 0.0619. The first-order valence-corrected chi connectivity index (χ1v) is 12.0. The highest BCUT2D eigenvalue weighted by molar-refractivity contribution is 7.91. The van der Waals surface area contributed by atoms with Crippen LogP contribution in [0.4, 0.5) is 0 Å². The van der Waals surface area contributed by atoms with Gasteiger partial charge in [-0.15, -0.1) is 0 Å². The highest BCUT2D eigenvalue weighted by Gasteiger charge is 2.43. The maximum Gasteiger partial charge on any atom is 0.254 e. The third-order valence-corrected chi connectivity index (χ3v) is 7.89. The van der Waals surface area contributed by atoms with E-state index in [4.69, 9.17) is 0 Å². The number of rotatable bonds is 5. The second-order valence-electron chi connectivity index (χ2n) is 8.37. The first-order valence-electron chi connectivity index (χ1n) is 10.2. The van der Waals surface area contributed by atoms with Crippen molar-refractivity contribution in [2.75, 3.05) is 44.3 Å². The average molecular weight is 409 g/mol. The highest BCUT2D eigenvalue weighted by atomic mass is 32.2. The Morgan fingerprint density at radius 3 is 2.29 bits per heavy atom. The molecule has 0 spiro atoms. The van der Waals surface area contributed by atoms with Crippen LogP contribution in [-0.4, -0.2) is 79.6 Å². The molecule has 1 aromatic carbocycles. The Bertz CT molecular complexity index is 789. The smallest absolute Gasteiger partial charge is 0.254 e. The van der Waals surface area contributed by atoms with Gasteiger partial charge < -0.3 is 14.9 Å². The van der Waals surface area contributed by atoms with E-state index in [1.807, 2.05) is 36.9 Å². The molecule has 0 radical (unpaired) electrons. The lowest BCUT2D eigenvalue weighted by Crippen LogP contribution is -2.47. The van der Waals surface area contributed by atoms with Crippen molar-refractivity contribution in [3.63, 3.8) is 0 Å². The number of aryl methyl sites for hydroxylation is 2. The molecule has 0 aromatic heterocycles. The molecule has 3 rings (SSSR count). The molecule has 2 aliphatic heterocycles. The molecule has 2 heterocycles. The largest absolute Gasteiger partial charge is 0.394 e. The van der Waals surface area contributed by atoms with Crippen LogP contribution in [-0.2, 0) is 9.84 Å². The van der Waals surface area contributed by atoms with Gasteiger partial charge in [0.05, 0.1) is 24.2 Å². The van der Waals surface area contributed by atoms with Crippen molar-refractivity contribution in [1.29, 1.82) is 0 Å². The number of sulfone groups is 1. The number of hydrogen-bond acceptors (Lipinski definition) is 5. The summed E-state index contributed by atoms with van der Waals surface area (Å²) in [5.74, 6) is 0.848. The van der Waals surface area contributed by atoms with Gasteiger partial charge in [0.15, 0.2) is 9.84 Å². The summed E-state index contributed by atoms with van der Waals surface area (Å²) in [6, 6.07) is 5.64. The zero-order valence-corrected chi connectivity index (χ0v) is 17.9. The summed E-state index contributed by atoms with van der Waals surface area (Å²) < 4.78 is 23.4. The first-order chi connectivity index (χ1) is 13.2.